The van der Waals surface area contributed by atoms with Gasteiger partial charge >= 0.3 is 0 Å². The maximum Gasteiger partial charge on any atom is 0.177 e. The Morgan fingerprint density at radius 2 is 2.03 bits per heavy atom. The topological polar surface area (TPSA) is 85.4 Å². The number of methoxy groups -OCH3 is 1. The molecule has 1 aliphatic heterocycles. The molecule has 1 aromatic carbocycles. The first-order chi connectivity index (χ1) is 15.5. The number of pyridine rings is 1. The van der Waals surface area contributed by atoms with E-state index < -0.39 is 11.2 Å². The summed E-state index contributed by atoms with van der Waals surface area (Å²) in [4.78, 5) is 5.67. The van der Waals surface area contributed by atoms with E-state index in [-0.39, 0.29) is 0 Å². The molecule has 0 aliphatic carbocycles. The predicted molar refractivity (Wildman–Crippen MR) is 125 cm³/mol. The van der Waals surface area contributed by atoms with Crippen molar-refractivity contribution in [3.05, 3.63) is 35.9 Å². The maximum absolute atomic E-state index is 12.7. The monoisotopic (exact) mass is 453 g/mol. The summed E-state index contributed by atoms with van der Waals surface area (Å²) in [6.07, 6.45) is 5.60. The van der Waals surface area contributed by atoms with E-state index in [1.165, 1.54) is 0 Å². The van der Waals surface area contributed by atoms with Crippen LogP contribution in [0.4, 0.5) is 0 Å². The smallest absolute Gasteiger partial charge is 0.177 e. The third kappa shape index (κ3) is 3.46. The molecule has 0 spiro atoms. The Bertz CT molecular complexity index is 1270. The van der Waals surface area contributed by atoms with Gasteiger partial charge in [-0.3, -0.25) is 4.98 Å². The van der Waals surface area contributed by atoms with E-state index >= 15 is 0 Å². The highest BCUT2D eigenvalue weighted by Gasteiger charge is 2.26. The van der Waals surface area contributed by atoms with Crippen LogP contribution in [0.5, 0.6) is 5.75 Å². The molecular formula is C24H27N3O4S. The quantitative estimate of drug-likeness (QED) is 0.410. The molecule has 0 radical (unpaired) electrons. The summed E-state index contributed by atoms with van der Waals surface area (Å²) >= 11 is -1.15. The van der Waals surface area contributed by atoms with E-state index in [1.54, 1.807) is 13.4 Å². The molecule has 1 aliphatic rings. The molecule has 4 aromatic rings. The number of aryl methyl sites for hydroxylation is 2. The number of rotatable bonds is 5. The van der Waals surface area contributed by atoms with Crippen molar-refractivity contribution in [1.29, 1.82) is 0 Å². The highest BCUT2D eigenvalue weighted by molar-refractivity contribution is 7.91. The first-order valence-electron chi connectivity index (χ1n) is 10.8. The Balaban J connectivity index is 1.82. The van der Waals surface area contributed by atoms with E-state index in [0.29, 0.717) is 5.92 Å². The van der Waals surface area contributed by atoms with Crippen molar-refractivity contribution < 1.29 is 18.5 Å². The molecule has 1 unspecified atom stereocenters. The summed E-state index contributed by atoms with van der Waals surface area (Å²) < 4.78 is 31.7. The minimum absolute atomic E-state index is 0.481. The normalized spacial score (nSPS) is 16.2. The second-order valence-electron chi connectivity index (χ2n) is 8.40. The molecule has 1 atom stereocenters. The zero-order valence-corrected chi connectivity index (χ0v) is 19.6. The Kier molecular flexibility index (Phi) is 5.61. The van der Waals surface area contributed by atoms with Gasteiger partial charge < -0.3 is 23.1 Å². The Hall–Kier alpha value is -2.55. The van der Waals surface area contributed by atoms with Crippen molar-refractivity contribution in [2.24, 2.45) is 5.92 Å². The largest absolute Gasteiger partial charge is 0.612 e. The van der Waals surface area contributed by atoms with Crippen molar-refractivity contribution in [2.45, 2.75) is 38.1 Å². The molecule has 1 fully saturated rings. The number of aromatic nitrogens is 3. The average molecular weight is 454 g/mol. The zero-order chi connectivity index (χ0) is 22.4. The van der Waals surface area contributed by atoms with Crippen LogP contribution in [0, 0.1) is 19.8 Å². The van der Waals surface area contributed by atoms with Crippen LogP contribution in [0.3, 0.4) is 0 Å². The molecule has 5 rings (SSSR count). The third-order valence-electron chi connectivity index (χ3n) is 6.40. The summed E-state index contributed by atoms with van der Waals surface area (Å²) in [5, 5.41) is 5.02. The van der Waals surface area contributed by atoms with Gasteiger partial charge in [-0.15, -0.1) is 0 Å². The first kappa shape index (κ1) is 21.3. The second kappa shape index (κ2) is 8.42. The average Bonchev–Trinajstić information content (AvgIpc) is 3.30. The molecule has 32 heavy (non-hydrogen) atoms. The van der Waals surface area contributed by atoms with Gasteiger partial charge in [0.1, 0.15) is 23.3 Å². The standard InChI is InChI=1S/C24H27N3O4S/c1-14-21(15(2)31-26-14)17-11-18-23(25-12-17)22-19(29-3)5-6-20(32(4)28)24(22)27(18)13-16-7-9-30-10-8-16/h5-6,11-12,16H,7-10,13H2,1-4H3. The number of hydrogen-bond donors (Lipinski definition) is 0. The zero-order valence-electron chi connectivity index (χ0n) is 18.8. The highest BCUT2D eigenvalue weighted by Crippen LogP contribution is 2.41. The van der Waals surface area contributed by atoms with Gasteiger partial charge in [-0.05, 0) is 62.0 Å². The predicted octanol–water partition coefficient (Wildman–Crippen LogP) is 4.63. The number of hydrogen-bond acceptors (Lipinski definition) is 6. The molecule has 4 heterocycles. The van der Waals surface area contributed by atoms with Crippen LogP contribution in [0.1, 0.15) is 24.3 Å². The summed E-state index contributed by atoms with van der Waals surface area (Å²) in [5.74, 6) is 1.99. The lowest BCUT2D eigenvalue weighted by molar-refractivity contribution is 0.0619. The minimum atomic E-state index is -1.15. The van der Waals surface area contributed by atoms with Crippen LogP contribution in [0.25, 0.3) is 33.1 Å². The summed E-state index contributed by atoms with van der Waals surface area (Å²) in [6.45, 7) is 6.22. The van der Waals surface area contributed by atoms with E-state index in [2.05, 4.69) is 15.8 Å². The Labute approximate surface area is 189 Å². The molecule has 0 amide bonds. The lowest BCUT2D eigenvalue weighted by atomic mass is 10.00. The lowest BCUT2D eigenvalue weighted by Gasteiger charge is -2.23. The number of fused-ring (bicyclic) bond motifs is 3. The van der Waals surface area contributed by atoms with Gasteiger partial charge in [0.05, 0.1) is 29.2 Å². The molecule has 3 aromatic heterocycles. The van der Waals surface area contributed by atoms with Crippen LogP contribution in [0.15, 0.2) is 33.8 Å². The van der Waals surface area contributed by atoms with Crippen molar-refractivity contribution in [3.63, 3.8) is 0 Å². The number of ether oxygens (including phenoxy) is 2. The molecular weight excluding hydrogens is 426 g/mol. The molecule has 0 saturated carbocycles. The van der Waals surface area contributed by atoms with Crippen LogP contribution in [-0.4, -0.2) is 45.8 Å². The fourth-order valence-corrected chi connectivity index (χ4v) is 5.58. The third-order valence-corrected chi connectivity index (χ3v) is 7.35. The Morgan fingerprint density at radius 1 is 1.25 bits per heavy atom. The van der Waals surface area contributed by atoms with Crippen molar-refractivity contribution in [2.75, 3.05) is 26.6 Å². The molecule has 0 N–H and O–H groups in total. The minimum Gasteiger partial charge on any atom is -0.612 e. The fourth-order valence-electron chi connectivity index (χ4n) is 4.83. The molecule has 8 heteroatoms. The van der Waals surface area contributed by atoms with E-state index in [9.17, 15) is 4.55 Å². The molecule has 0 bridgehead atoms. The lowest BCUT2D eigenvalue weighted by Crippen LogP contribution is -2.20. The van der Waals surface area contributed by atoms with Gasteiger partial charge in [-0.2, -0.15) is 0 Å². The molecule has 168 valence electrons. The Morgan fingerprint density at radius 3 is 2.69 bits per heavy atom. The van der Waals surface area contributed by atoms with Crippen molar-refractivity contribution in [3.8, 4) is 16.9 Å². The first-order valence-corrected chi connectivity index (χ1v) is 12.4. The van der Waals surface area contributed by atoms with Crippen LogP contribution in [0.2, 0.25) is 0 Å². The SMILES string of the molecule is COc1ccc([S+](C)[O-])c2c1c1ncc(-c3c(C)noc3C)cc1n2CC1CCOCC1. The second-order valence-corrected chi connectivity index (χ2v) is 9.75. The summed E-state index contributed by atoms with van der Waals surface area (Å²) in [7, 11) is 1.66. The fraction of sp³-hybridized carbons (Fsp3) is 0.417. The van der Waals surface area contributed by atoms with Gasteiger partial charge in [0.25, 0.3) is 0 Å². The summed E-state index contributed by atoms with van der Waals surface area (Å²) in [5.41, 5.74) is 5.56. The summed E-state index contributed by atoms with van der Waals surface area (Å²) in [6, 6.07) is 5.95. The van der Waals surface area contributed by atoms with Crippen molar-refractivity contribution in [1.82, 2.24) is 14.7 Å². The van der Waals surface area contributed by atoms with Crippen LogP contribution in [-0.2, 0) is 22.5 Å². The van der Waals surface area contributed by atoms with Crippen molar-refractivity contribution >= 4 is 33.1 Å². The molecule has 7 nitrogen and oxygen atoms in total. The molecule has 1 saturated heterocycles. The van der Waals surface area contributed by atoms with Crippen LogP contribution >= 0.6 is 0 Å². The highest BCUT2D eigenvalue weighted by atomic mass is 32.2. The van der Waals surface area contributed by atoms with E-state index in [4.69, 9.17) is 19.0 Å². The van der Waals surface area contributed by atoms with E-state index in [0.717, 1.165) is 87.8 Å². The van der Waals surface area contributed by atoms with E-state index in [1.807, 2.05) is 32.2 Å². The van der Waals surface area contributed by atoms with Crippen LogP contribution < -0.4 is 4.74 Å². The van der Waals surface area contributed by atoms with Gasteiger partial charge in [0.2, 0.25) is 0 Å². The number of benzene rings is 1. The number of nitrogens with zero attached hydrogens (tertiary/aromatic N) is 3. The maximum atomic E-state index is 12.7. The van der Waals surface area contributed by atoms with Gasteiger partial charge in [-0.1, -0.05) is 5.16 Å². The van der Waals surface area contributed by atoms with Gasteiger partial charge in [0.15, 0.2) is 4.90 Å². The van der Waals surface area contributed by atoms with Gasteiger partial charge in [-0.25, -0.2) is 0 Å². The van der Waals surface area contributed by atoms with Gasteiger partial charge in [0, 0.05) is 37.1 Å².